The highest BCUT2D eigenvalue weighted by molar-refractivity contribution is 5.89. The molecular formula is C26H33N5O3. The van der Waals surface area contributed by atoms with Crippen molar-refractivity contribution in [2.45, 2.75) is 65.1 Å². The van der Waals surface area contributed by atoms with Crippen LogP contribution in [0.25, 0.3) is 10.8 Å². The normalized spacial score (nSPS) is 14.1. The summed E-state index contributed by atoms with van der Waals surface area (Å²) in [7, 11) is 0. The molecule has 0 saturated heterocycles. The van der Waals surface area contributed by atoms with Gasteiger partial charge >= 0.3 is 5.69 Å². The van der Waals surface area contributed by atoms with Gasteiger partial charge in [-0.05, 0) is 41.5 Å². The standard InChI is InChI=1S/C26H33N5O3/c1-18(2)24(28-23(32)17-19-11-12-20-8-3-4-9-21(20)16-19)25(33)27-13-7-15-31-26(34)30-14-6-5-10-22(30)29-31/h3-4,8-9,11-12,16,18,24H,5-7,10,13-15,17H2,1-2H3,(H,27,33)(H,28,32). The van der Waals surface area contributed by atoms with Crippen molar-refractivity contribution < 1.29 is 9.59 Å². The summed E-state index contributed by atoms with van der Waals surface area (Å²) in [5, 5.41) is 12.4. The van der Waals surface area contributed by atoms with Gasteiger partial charge in [0.2, 0.25) is 11.8 Å². The van der Waals surface area contributed by atoms with Crippen molar-refractivity contribution in [1.82, 2.24) is 25.0 Å². The number of hydrogen-bond acceptors (Lipinski definition) is 4. The van der Waals surface area contributed by atoms with E-state index in [4.69, 9.17) is 0 Å². The maximum absolute atomic E-state index is 12.8. The molecule has 2 aromatic carbocycles. The van der Waals surface area contributed by atoms with Crippen LogP contribution < -0.4 is 16.3 Å². The molecule has 4 rings (SSSR count). The quantitative estimate of drug-likeness (QED) is 0.476. The van der Waals surface area contributed by atoms with Gasteiger partial charge in [-0.3, -0.25) is 14.2 Å². The second-order valence-corrected chi connectivity index (χ2v) is 9.32. The minimum atomic E-state index is -0.615. The Kier molecular flexibility index (Phi) is 7.45. The Morgan fingerprint density at radius 1 is 1.09 bits per heavy atom. The minimum Gasteiger partial charge on any atom is -0.354 e. The molecular weight excluding hydrogens is 430 g/mol. The minimum absolute atomic E-state index is 0.0527. The van der Waals surface area contributed by atoms with E-state index in [9.17, 15) is 14.4 Å². The first-order valence-corrected chi connectivity index (χ1v) is 12.1. The van der Waals surface area contributed by atoms with Crippen LogP contribution >= 0.6 is 0 Å². The zero-order chi connectivity index (χ0) is 24.1. The van der Waals surface area contributed by atoms with Gasteiger partial charge in [0.15, 0.2) is 0 Å². The predicted molar refractivity (Wildman–Crippen MR) is 131 cm³/mol. The topological polar surface area (TPSA) is 98.0 Å². The first-order chi connectivity index (χ1) is 16.4. The fourth-order valence-corrected chi connectivity index (χ4v) is 4.44. The SMILES string of the molecule is CC(C)C(NC(=O)Cc1ccc2ccccc2c1)C(=O)NCCCn1nc2n(c1=O)CCCC2. The summed E-state index contributed by atoms with van der Waals surface area (Å²) in [6, 6.07) is 13.4. The van der Waals surface area contributed by atoms with Crippen molar-refractivity contribution in [2.24, 2.45) is 5.92 Å². The number of carbonyl (C=O) groups excluding carboxylic acids is 2. The number of hydrogen-bond donors (Lipinski definition) is 2. The van der Waals surface area contributed by atoms with Crippen molar-refractivity contribution in [1.29, 1.82) is 0 Å². The Morgan fingerprint density at radius 2 is 1.88 bits per heavy atom. The van der Waals surface area contributed by atoms with Crippen LogP contribution in [0.4, 0.5) is 0 Å². The summed E-state index contributed by atoms with van der Waals surface area (Å²) in [6.07, 6.45) is 3.73. The monoisotopic (exact) mass is 463 g/mol. The molecule has 2 amide bonds. The number of benzene rings is 2. The smallest absolute Gasteiger partial charge is 0.345 e. The molecule has 34 heavy (non-hydrogen) atoms. The molecule has 1 unspecified atom stereocenters. The summed E-state index contributed by atoms with van der Waals surface area (Å²) in [4.78, 5) is 37.9. The molecule has 3 aromatic rings. The van der Waals surface area contributed by atoms with Crippen LogP contribution in [0.1, 0.15) is 44.5 Å². The lowest BCUT2D eigenvalue weighted by Crippen LogP contribution is -2.50. The number of aromatic nitrogens is 3. The molecule has 180 valence electrons. The number of fused-ring (bicyclic) bond motifs is 2. The van der Waals surface area contributed by atoms with Gasteiger partial charge in [0.05, 0.1) is 6.42 Å². The van der Waals surface area contributed by atoms with E-state index in [1.54, 1.807) is 4.57 Å². The molecule has 0 saturated carbocycles. The van der Waals surface area contributed by atoms with Crippen molar-refractivity contribution in [3.8, 4) is 0 Å². The fraction of sp³-hybridized carbons (Fsp3) is 0.462. The van der Waals surface area contributed by atoms with Gasteiger partial charge < -0.3 is 10.6 Å². The largest absolute Gasteiger partial charge is 0.354 e. The van der Waals surface area contributed by atoms with Gasteiger partial charge in [0.1, 0.15) is 11.9 Å². The summed E-state index contributed by atoms with van der Waals surface area (Å²) in [6.45, 7) is 5.43. The lowest BCUT2D eigenvalue weighted by Gasteiger charge is -2.22. The lowest BCUT2D eigenvalue weighted by atomic mass is 10.0. The van der Waals surface area contributed by atoms with Crippen molar-refractivity contribution >= 4 is 22.6 Å². The van der Waals surface area contributed by atoms with E-state index in [2.05, 4.69) is 15.7 Å². The summed E-state index contributed by atoms with van der Waals surface area (Å²) in [5.41, 5.74) is 0.842. The van der Waals surface area contributed by atoms with Crippen molar-refractivity contribution in [3.63, 3.8) is 0 Å². The van der Waals surface area contributed by atoms with Gasteiger partial charge in [-0.25, -0.2) is 9.48 Å². The number of amides is 2. The highest BCUT2D eigenvalue weighted by atomic mass is 16.2. The van der Waals surface area contributed by atoms with E-state index in [-0.39, 0.29) is 29.8 Å². The van der Waals surface area contributed by atoms with Crippen LogP contribution in [0.3, 0.4) is 0 Å². The second-order valence-electron chi connectivity index (χ2n) is 9.32. The zero-order valence-corrected chi connectivity index (χ0v) is 19.9. The van der Waals surface area contributed by atoms with Gasteiger partial charge in [-0.1, -0.05) is 56.3 Å². The third-order valence-electron chi connectivity index (χ3n) is 6.32. The number of nitrogens with zero attached hydrogens (tertiary/aromatic N) is 3. The van der Waals surface area contributed by atoms with E-state index < -0.39 is 6.04 Å². The van der Waals surface area contributed by atoms with Crippen LogP contribution in [-0.4, -0.2) is 38.7 Å². The van der Waals surface area contributed by atoms with Crippen LogP contribution in [0, 0.1) is 5.92 Å². The Labute approximate surface area is 199 Å². The second kappa shape index (κ2) is 10.7. The number of carbonyl (C=O) groups is 2. The first-order valence-electron chi connectivity index (χ1n) is 12.1. The lowest BCUT2D eigenvalue weighted by molar-refractivity contribution is -0.129. The molecule has 8 heteroatoms. The molecule has 0 bridgehead atoms. The summed E-state index contributed by atoms with van der Waals surface area (Å²) in [5.74, 6) is 0.412. The summed E-state index contributed by atoms with van der Waals surface area (Å²) >= 11 is 0. The molecule has 1 aliphatic heterocycles. The van der Waals surface area contributed by atoms with E-state index in [1.807, 2.05) is 56.3 Å². The molecule has 2 heterocycles. The van der Waals surface area contributed by atoms with Crippen LogP contribution in [-0.2, 0) is 35.5 Å². The molecule has 0 radical (unpaired) electrons. The predicted octanol–water partition coefficient (Wildman–Crippen LogP) is 2.42. The maximum Gasteiger partial charge on any atom is 0.345 e. The molecule has 0 spiro atoms. The Morgan fingerprint density at radius 3 is 2.65 bits per heavy atom. The molecule has 0 fully saturated rings. The fourth-order valence-electron chi connectivity index (χ4n) is 4.44. The van der Waals surface area contributed by atoms with Crippen LogP contribution in [0.15, 0.2) is 47.3 Å². The molecule has 1 aliphatic rings. The molecule has 8 nitrogen and oxygen atoms in total. The summed E-state index contributed by atoms with van der Waals surface area (Å²) < 4.78 is 3.25. The van der Waals surface area contributed by atoms with Crippen molar-refractivity contribution in [2.75, 3.05) is 6.54 Å². The van der Waals surface area contributed by atoms with Gasteiger partial charge in [-0.2, -0.15) is 5.10 Å². The maximum atomic E-state index is 12.8. The van der Waals surface area contributed by atoms with E-state index >= 15 is 0 Å². The molecule has 0 aliphatic carbocycles. The number of rotatable bonds is 9. The van der Waals surface area contributed by atoms with Gasteiger partial charge in [0, 0.05) is 26.1 Å². The van der Waals surface area contributed by atoms with E-state index in [0.717, 1.165) is 48.0 Å². The van der Waals surface area contributed by atoms with Gasteiger partial charge in [-0.15, -0.1) is 0 Å². The molecule has 2 N–H and O–H groups in total. The van der Waals surface area contributed by atoms with E-state index in [0.29, 0.717) is 19.5 Å². The average Bonchev–Trinajstić information content (AvgIpc) is 3.15. The van der Waals surface area contributed by atoms with Gasteiger partial charge in [0.25, 0.3) is 0 Å². The highest BCUT2D eigenvalue weighted by Gasteiger charge is 2.24. The Hall–Kier alpha value is -3.42. The van der Waals surface area contributed by atoms with Crippen LogP contribution in [0.2, 0.25) is 0 Å². The third-order valence-corrected chi connectivity index (χ3v) is 6.32. The zero-order valence-electron chi connectivity index (χ0n) is 19.9. The Balaban J connectivity index is 1.27. The number of nitrogens with one attached hydrogen (secondary N) is 2. The third kappa shape index (κ3) is 5.55. The first kappa shape index (κ1) is 23.7. The molecule has 1 atom stereocenters. The van der Waals surface area contributed by atoms with Crippen molar-refractivity contribution in [3.05, 3.63) is 64.3 Å². The van der Waals surface area contributed by atoms with E-state index in [1.165, 1.54) is 4.68 Å². The Bertz CT molecular complexity index is 1230. The molecule has 1 aromatic heterocycles. The van der Waals surface area contributed by atoms with Crippen LogP contribution in [0.5, 0.6) is 0 Å². The average molecular weight is 464 g/mol. The highest BCUT2D eigenvalue weighted by Crippen LogP contribution is 2.16. The number of aryl methyl sites for hydroxylation is 2.